The quantitative estimate of drug-likeness (QED) is 0.507. The summed E-state index contributed by atoms with van der Waals surface area (Å²) in [6, 6.07) is 2.80. The SMILES string of the molecule is CC(=O)c1cc(Br)cc([N+](=O)[O-])c1OC1CCCCC1O. The highest BCUT2D eigenvalue weighted by molar-refractivity contribution is 9.10. The number of rotatable bonds is 4. The number of nitro groups is 1. The van der Waals surface area contributed by atoms with Gasteiger partial charge < -0.3 is 9.84 Å². The van der Waals surface area contributed by atoms with E-state index in [2.05, 4.69) is 15.9 Å². The number of nitrogens with zero attached hydrogens (tertiary/aromatic N) is 1. The van der Waals surface area contributed by atoms with Gasteiger partial charge in [0.05, 0.1) is 16.6 Å². The molecular weight excluding hydrogens is 342 g/mol. The molecule has 0 aliphatic heterocycles. The van der Waals surface area contributed by atoms with Gasteiger partial charge in [0.1, 0.15) is 6.10 Å². The zero-order chi connectivity index (χ0) is 15.6. The van der Waals surface area contributed by atoms with Gasteiger partial charge in [-0.15, -0.1) is 0 Å². The highest BCUT2D eigenvalue weighted by Gasteiger charge is 2.30. The Hall–Kier alpha value is -1.47. The number of ether oxygens (including phenoxy) is 1. The van der Waals surface area contributed by atoms with Crippen LogP contribution in [0.3, 0.4) is 0 Å². The molecule has 2 rings (SSSR count). The topological polar surface area (TPSA) is 89.7 Å². The molecule has 1 aliphatic rings. The van der Waals surface area contributed by atoms with Crippen LogP contribution >= 0.6 is 15.9 Å². The molecule has 0 amide bonds. The van der Waals surface area contributed by atoms with Gasteiger partial charge in [0.2, 0.25) is 5.75 Å². The molecule has 1 N–H and O–H groups in total. The Morgan fingerprint density at radius 1 is 1.43 bits per heavy atom. The normalized spacial score (nSPS) is 21.9. The van der Waals surface area contributed by atoms with Gasteiger partial charge in [0.15, 0.2) is 5.78 Å². The van der Waals surface area contributed by atoms with Crippen molar-refractivity contribution in [3.05, 3.63) is 32.3 Å². The van der Waals surface area contributed by atoms with Crippen molar-refractivity contribution >= 4 is 27.4 Å². The fourth-order valence-corrected chi connectivity index (χ4v) is 2.91. The molecule has 1 aliphatic carbocycles. The Morgan fingerprint density at radius 3 is 2.67 bits per heavy atom. The van der Waals surface area contributed by atoms with Crippen LogP contribution in [0.1, 0.15) is 43.0 Å². The van der Waals surface area contributed by atoms with Crippen LogP contribution in [0.5, 0.6) is 5.75 Å². The molecule has 114 valence electrons. The number of hydrogen-bond acceptors (Lipinski definition) is 5. The largest absolute Gasteiger partial charge is 0.480 e. The summed E-state index contributed by atoms with van der Waals surface area (Å²) in [7, 11) is 0. The third-order valence-corrected chi connectivity index (χ3v) is 4.00. The van der Waals surface area contributed by atoms with E-state index in [-0.39, 0.29) is 22.8 Å². The maximum Gasteiger partial charge on any atom is 0.312 e. The smallest absolute Gasteiger partial charge is 0.312 e. The van der Waals surface area contributed by atoms with Crippen LogP contribution in [0.15, 0.2) is 16.6 Å². The van der Waals surface area contributed by atoms with Crippen LogP contribution in [0.25, 0.3) is 0 Å². The minimum atomic E-state index is -0.665. The highest BCUT2D eigenvalue weighted by Crippen LogP contribution is 2.37. The van der Waals surface area contributed by atoms with Crippen molar-refractivity contribution in [3.63, 3.8) is 0 Å². The maximum absolute atomic E-state index is 11.7. The Morgan fingerprint density at radius 2 is 2.10 bits per heavy atom. The van der Waals surface area contributed by atoms with Gasteiger partial charge in [0.25, 0.3) is 0 Å². The van der Waals surface area contributed by atoms with Crippen molar-refractivity contribution in [3.8, 4) is 5.75 Å². The zero-order valence-corrected chi connectivity index (χ0v) is 13.1. The third kappa shape index (κ3) is 3.59. The first-order chi connectivity index (χ1) is 9.90. The van der Waals surface area contributed by atoms with E-state index < -0.39 is 17.1 Å². The standard InChI is InChI=1S/C14H16BrNO5/c1-8(17)10-6-9(15)7-11(16(19)20)14(10)21-13-5-3-2-4-12(13)18/h6-7,12-13,18H,2-5H2,1H3. The molecule has 0 spiro atoms. The van der Waals surface area contributed by atoms with Crippen LogP contribution in [-0.2, 0) is 0 Å². The first-order valence-electron chi connectivity index (χ1n) is 6.73. The van der Waals surface area contributed by atoms with Gasteiger partial charge in [-0.1, -0.05) is 22.4 Å². The lowest BCUT2D eigenvalue weighted by Crippen LogP contribution is -2.35. The molecule has 7 heteroatoms. The minimum absolute atomic E-state index is 0.0540. The average molecular weight is 358 g/mol. The molecule has 0 aromatic heterocycles. The number of aliphatic hydroxyl groups is 1. The van der Waals surface area contributed by atoms with E-state index in [4.69, 9.17) is 4.74 Å². The number of hydrogen-bond donors (Lipinski definition) is 1. The molecule has 0 bridgehead atoms. The lowest BCUT2D eigenvalue weighted by molar-refractivity contribution is -0.386. The Labute approximate surface area is 130 Å². The predicted octanol–water partition coefficient (Wildman–Crippen LogP) is 3.24. The number of benzene rings is 1. The van der Waals surface area contributed by atoms with Gasteiger partial charge in [-0.05, 0) is 32.3 Å². The molecule has 0 heterocycles. The van der Waals surface area contributed by atoms with Gasteiger partial charge >= 0.3 is 5.69 Å². The summed E-state index contributed by atoms with van der Waals surface area (Å²) in [5.74, 6) is -0.374. The fourth-order valence-electron chi connectivity index (χ4n) is 2.47. The van der Waals surface area contributed by atoms with Crippen LogP contribution in [0, 0.1) is 10.1 Å². The molecule has 1 aromatic carbocycles. The molecule has 1 aromatic rings. The molecule has 1 saturated carbocycles. The Kier molecular flexibility index (Phi) is 4.95. The van der Waals surface area contributed by atoms with Crippen molar-refractivity contribution in [1.29, 1.82) is 0 Å². The maximum atomic E-state index is 11.7. The molecule has 0 saturated heterocycles. The summed E-state index contributed by atoms with van der Waals surface area (Å²) in [5, 5.41) is 21.2. The van der Waals surface area contributed by atoms with Crippen LogP contribution in [0.4, 0.5) is 5.69 Å². The average Bonchev–Trinajstić information content (AvgIpc) is 2.42. The molecule has 0 radical (unpaired) electrons. The van der Waals surface area contributed by atoms with Crippen LogP contribution < -0.4 is 4.74 Å². The lowest BCUT2D eigenvalue weighted by Gasteiger charge is -2.28. The summed E-state index contributed by atoms with van der Waals surface area (Å²) in [4.78, 5) is 22.4. The molecule has 2 atom stereocenters. The number of Topliss-reactive ketones (excluding diaryl/α,β-unsaturated/α-hetero) is 1. The van der Waals surface area contributed by atoms with Crippen molar-refractivity contribution < 1.29 is 19.6 Å². The summed E-state index contributed by atoms with van der Waals surface area (Å²) in [6.07, 6.45) is 1.83. The van der Waals surface area contributed by atoms with E-state index in [1.807, 2.05) is 0 Å². The number of carbonyl (C=O) groups excluding carboxylic acids is 1. The fraction of sp³-hybridized carbons (Fsp3) is 0.500. The number of ketones is 1. The van der Waals surface area contributed by atoms with Gasteiger partial charge in [0, 0.05) is 10.5 Å². The van der Waals surface area contributed by atoms with E-state index in [1.165, 1.54) is 19.1 Å². The summed E-state index contributed by atoms with van der Waals surface area (Å²) in [5.41, 5.74) is -0.124. The van der Waals surface area contributed by atoms with E-state index in [0.29, 0.717) is 17.3 Å². The number of nitro benzene ring substituents is 1. The highest BCUT2D eigenvalue weighted by atomic mass is 79.9. The van der Waals surface area contributed by atoms with E-state index in [9.17, 15) is 20.0 Å². The van der Waals surface area contributed by atoms with Crippen molar-refractivity contribution in [1.82, 2.24) is 0 Å². The second-order valence-corrected chi connectivity index (χ2v) is 6.04. The molecule has 1 fully saturated rings. The van der Waals surface area contributed by atoms with Crippen molar-refractivity contribution in [2.75, 3.05) is 0 Å². The molecule has 21 heavy (non-hydrogen) atoms. The molecule has 6 nitrogen and oxygen atoms in total. The van der Waals surface area contributed by atoms with Gasteiger partial charge in [-0.2, -0.15) is 0 Å². The molecule has 2 unspecified atom stereocenters. The summed E-state index contributed by atoms with van der Waals surface area (Å²) in [6.45, 7) is 1.33. The Bertz CT molecular complexity index is 539. The first-order valence-corrected chi connectivity index (χ1v) is 7.53. The van der Waals surface area contributed by atoms with E-state index in [1.54, 1.807) is 0 Å². The minimum Gasteiger partial charge on any atom is -0.480 e. The van der Waals surface area contributed by atoms with E-state index >= 15 is 0 Å². The van der Waals surface area contributed by atoms with Crippen LogP contribution in [0.2, 0.25) is 0 Å². The lowest BCUT2D eigenvalue weighted by atomic mass is 9.94. The monoisotopic (exact) mass is 357 g/mol. The first kappa shape index (κ1) is 15.9. The predicted molar refractivity (Wildman–Crippen MR) is 79.7 cm³/mol. The second-order valence-electron chi connectivity index (χ2n) is 5.12. The van der Waals surface area contributed by atoms with Gasteiger partial charge in [-0.3, -0.25) is 14.9 Å². The second kappa shape index (κ2) is 6.53. The van der Waals surface area contributed by atoms with Crippen LogP contribution in [-0.4, -0.2) is 28.0 Å². The van der Waals surface area contributed by atoms with Gasteiger partial charge in [-0.25, -0.2) is 0 Å². The van der Waals surface area contributed by atoms with Crippen molar-refractivity contribution in [2.45, 2.75) is 44.8 Å². The number of aliphatic hydroxyl groups excluding tert-OH is 1. The third-order valence-electron chi connectivity index (χ3n) is 3.55. The summed E-state index contributed by atoms with van der Waals surface area (Å²) >= 11 is 3.16. The Balaban J connectivity index is 2.44. The van der Waals surface area contributed by atoms with E-state index in [0.717, 1.165) is 12.8 Å². The summed E-state index contributed by atoms with van der Waals surface area (Å²) < 4.78 is 6.11. The molecular formula is C14H16BrNO5. The van der Waals surface area contributed by atoms with Crippen molar-refractivity contribution in [2.24, 2.45) is 0 Å². The number of halogens is 1. The zero-order valence-electron chi connectivity index (χ0n) is 11.5. The number of carbonyl (C=O) groups is 1.